The summed E-state index contributed by atoms with van der Waals surface area (Å²) in [7, 11) is 0. The van der Waals surface area contributed by atoms with Gasteiger partial charge in [-0.25, -0.2) is 9.97 Å². The highest BCUT2D eigenvalue weighted by Gasteiger charge is 2.37. The van der Waals surface area contributed by atoms with Crippen LogP contribution < -0.4 is 10.2 Å². The second-order valence-electron chi connectivity index (χ2n) is 6.77. The lowest BCUT2D eigenvalue weighted by molar-refractivity contribution is -0.123. The Balaban J connectivity index is 1.54. The van der Waals surface area contributed by atoms with Crippen LogP contribution in [-0.4, -0.2) is 56.0 Å². The van der Waals surface area contributed by atoms with Gasteiger partial charge in [-0.15, -0.1) is 0 Å². The Morgan fingerprint density at radius 2 is 2.08 bits per heavy atom. The molecule has 0 aromatic carbocycles. The summed E-state index contributed by atoms with van der Waals surface area (Å²) in [4.78, 5) is 22.5. The normalized spacial score (nSPS) is 20.1. The van der Waals surface area contributed by atoms with E-state index in [1.165, 1.54) is 6.33 Å². The standard InChI is InChI=1S/C17H24N6O2/c1-12-7-15(20-11-19-12)22-5-4-17(25,10-22)9-18-16(24)8-23-14(3)6-13(2)21-23/h6-7,11,25H,4-5,8-10H2,1-3H3,(H,18,24). The Bertz CT molecular complexity index is 774. The Kier molecular flexibility index (Phi) is 4.71. The minimum atomic E-state index is -0.955. The van der Waals surface area contributed by atoms with Gasteiger partial charge in [-0.1, -0.05) is 0 Å². The molecular formula is C17H24N6O2. The van der Waals surface area contributed by atoms with E-state index >= 15 is 0 Å². The van der Waals surface area contributed by atoms with Gasteiger partial charge >= 0.3 is 0 Å². The first kappa shape index (κ1) is 17.3. The molecule has 1 unspecified atom stereocenters. The van der Waals surface area contributed by atoms with Crippen LogP contribution in [0.1, 0.15) is 23.5 Å². The van der Waals surface area contributed by atoms with Crippen LogP contribution in [0, 0.1) is 20.8 Å². The molecule has 25 heavy (non-hydrogen) atoms. The fraction of sp³-hybridized carbons (Fsp3) is 0.529. The Morgan fingerprint density at radius 3 is 2.76 bits per heavy atom. The molecule has 0 radical (unpaired) electrons. The number of β-amino-alcohol motifs (C(OH)–C–C–N with tert-alkyl or cyclic N) is 1. The molecule has 2 N–H and O–H groups in total. The molecule has 3 heterocycles. The van der Waals surface area contributed by atoms with Crippen molar-refractivity contribution in [3.63, 3.8) is 0 Å². The number of rotatable bonds is 5. The van der Waals surface area contributed by atoms with Gasteiger partial charge in [-0.2, -0.15) is 5.10 Å². The van der Waals surface area contributed by atoms with Crippen LogP contribution in [0.25, 0.3) is 0 Å². The largest absolute Gasteiger partial charge is 0.386 e. The van der Waals surface area contributed by atoms with E-state index in [9.17, 15) is 9.90 Å². The number of carbonyl (C=O) groups excluding carboxylic acids is 1. The van der Waals surface area contributed by atoms with Gasteiger partial charge in [-0.05, 0) is 33.3 Å². The van der Waals surface area contributed by atoms with E-state index in [0.717, 1.165) is 22.9 Å². The average Bonchev–Trinajstić information content (AvgIpc) is 3.09. The van der Waals surface area contributed by atoms with Gasteiger partial charge in [-0.3, -0.25) is 9.48 Å². The molecule has 0 saturated carbocycles. The Labute approximate surface area is 146 Å². The molecular weight excluding hydrogens is 320 g/mol. The van der Waals surface area contributed by atoms with Crippen molar-refractivity contribution in [1.29, 1.82) is 0 Å². The summed E-state index contributed by atoms with van der Waals surface area (Å²) in [5.74, 6) is 0.647. The lowest BCUT2D eigenvalue weighted by Crippen LogP contribution is -2.46. The fourth-order valence-corrected chi connectivity index (χ4v) is 3.10. The number of carbonyl (C=O) groups is 1. The lowest BCUT2D eigenvalue weighted by Gasteiger charge is -2.24. The number of hydrogen-bond acceptors (Lipinski definition) is 6. The van der Waals surface area contributed by atoms with E-state index in [1.807, 2.05) is 37.8 Å². The van der Waals surface area contributed by atoms with Gasteiger partial charge in [0.2, 0.25) is 5.91 Å². The fourth-order valence-electron chi connectivity index (χ4n) is 3.10. The maximum absolute atomic E-state index is 12.2. The van der Waals surface area contributed by atoms with Crippen LogP contribution in [0.3, 0.4) is 0 Å². The van der Waals surface area contributed by atoms with Crippen molar-refractivity contribution >= 4 is 11.7 Å². The van der Waals surface area contributed by atoms with Crippen molar-refractivity contribution in [2.24, 2.45) is 0 Å². The smallest absolute Gasteiger partial charge is 0.241 e. The molecule has 8 nitrogen and oxygen atoms in total. The van der Waals surface area contributed by atoms with E-state index in [2.05, 4.69) is 20.4 Å². The number of anilines is 1. The molecule has 3 rings (SSSR count). The molecule has 8 heteroatoms. The van der Waals surface area contributed by atoms with Crippen molar-refractivity contribution in [3.8, 4) is 0 Å². The molecule has 1 saturated heterocycles. The first-order valence-corrected chi connectivity index (χ1v) is 8.38. The van der Waals surface area contributed by atoms with Crippen LogP contribution in [0.15, 0.2) is 18.5 Å². The molecule has 1 aliphatic rings. The van der Waals surface area contributed by atoms with Gasteiger partial charge in [0.05, 0.1) is 5.69 Å². The second-order valence-corrected chi connectivity index (χ2v) is 6.77. The highest BCUT2D eigenvalue weighted by Crippen LogP contribution is 2.25. The van der Waals surface area contributed by atoms with Crippen LogP contribution in [0.4, 0.5) is 5.82 Å². The molecule has 0 bridgehead atoms. The lowest BCUT2D eigenvalue weighted by atomic mass is 10.0. The predicted octanol–water partition coefficient (Wildman–Crippen LogP) is 0.356. The maximum atomic E-state index is 12.2. The molecule has 1 fully saturated rings. The third-order valence-corrected chi connectivity index (χ3v) is 4.46. The number of aliphatic hydroxyl groups is 1. The summed E-state index contributed by atoms with van der Waals surface area (Å²) in [5, 5.41) is 17.8. The number of nitrogens with zero attached hydrogens (tertiary/aromatic N) is 5. The number of amides is 1. The van der Waals surface area contributed by atoms with Crippen LogP contribution in [0.5, 0.6) is 0 Å². The molecule has 1 atom stereocenters. The van der Waals surface area contributed by atoms with Gasteiger partial charge in [0.1, 0.15) is 24.3 Å². The van der Waals surface area contributed by atoms with Crippen LogP contribution in [-0.2, 0) is 11.3 Å². The molecule has 1 amide bonds. The predicted molar refractivity (Wildman–Crippen MR) is 93.3 cm³/mol. The number of hydrogen-bond donors (Lipinski definition) is 2. The zero-order chi connectivity index (χ0) is 18.0. The molecule has 2 aromatic rings. The minimum absolute atomic E-state index is 0.157. The van der Waals surface area contributed by atoms with E-state index in [4.69, 9.17) is 0 Å². The van der Waals surface area contributed by atoms with Crippen molar-refractivity contribution in [2.75, 3.05) is 24.5 Å². The first-order valence-electron chi connectivity index (χ1n) is 8.38. The quantitative estimate of drug-likeness (QED) is 0.813. The summed E-state index contributed by atoms with van der Waals surface area (Å²) in [6, 6.07) is 3.83. The average molecular weight is 344 g/mol. The highest BCUT2D eigenvalue weighted by atomic mass is 16.3. The zero-order valence-electron chi connectivity index (χ0n) is 14.9. The number of aromatic nitrogens is 4. The third kappa shape index (κ3) is 4.14. The van der Waals surface area contributed by atoms with E-state index in [1.54, 1.807) is 4.68 Å². The zero-order valence-corrected chi connectivity index (χ0v) is 14.9. The molecule has 1 aliphatic heterocycles. The van der Waals surface area contributed by atoms with E-state index in [0.29, 0.717) is 19.5 Å². The maximum Gasteiger partial charge on any atom is 0.241 e. The molecule has 2 aromatic heterocycles. The van der Waals surface area contributed by atoms with Crippen molar-refractivity contribution in [1.82, 2.24) is 25.1 Å². The van der Waals surface area contributed by atoms with Gasteiger partial charge in [0.15, 0.2) is 0 Å². The molecule has 0 spiro atoms. The summed E-state index contributed by atoms with van der Waals surface area (Å²) in [5.41, 5.74) is 1.76. The Hall–Kier alpha value is -2.48. The topological polar surface area (TPSA) is 96.2 Å². The van der Waals surface area contributed by atoms with Gasteiger partial charge in [0.25, 0.3) is 0 Å². The highest BCUT2D eigenvalue weighted by molar-refractivity contribution is 5.75. The SMILES string of the molecule is Cc1cc(N2CCC(O)(CNC(=O)Cn3nc(C)cc3C)C2)ncn1. The van der Waals surface area contributed by atoms with Crippen LogP contribution >= 0.6 is 0 Å². The Morgan fingerprint density at radius 1 is 1.28 bits per heavy atom. The van der Waals surface area contributed by atoms with Crippen LogP contribution in [0.2, 0.25) is 0 Å². The van der Waals surface area contributed by atoms with Gasteiger partial charge in [0, 0.05) is 37.1 Å². The van der Waals surface area contributed by atoms with Crippen molar-refractivity contribution in [2.45, 2.75) is 39.3 Å². The van der Waals surface area contributed by atoms with E-state index in [-0.39, 0.29) is 19.0 Å². The third-order valence-electron chi connectivity index (χ3n) is 4.46. The summed E-state index contributed by atoms with van der Waals surface area (Å²) in [6.07, 6.45) is 2.11. The van der Waals surface area contributed by atoms with Gasteiger partial charge < -0.3 is 15.3 Å². The van der Waals surface area contributed by atoms with Crippen molar-refractivity contribution < 1.29 is 9.90 Å². The number of aryl methyl sites for hydroxylation is 3. The minimum Gasteiger partial charge on any atom is -0.386 e. The second kappa shape index (κ2) is 6.79. The summed E-state index contributed by atoms with van der Waals surface area (Å²) < 4.78 is 1.67. The summed E-state index contributed by atoms with van der Waals surface area (Å²) >= 11 is 0. The van der Waals surface area contributed by atoms with E-state index < -0.39 is 5.60 Å². The first-order chi connectivity index (χ1) is 11.8. The van der Waals surface area contributed by atoms with Crippen molar-refractivity contribution in [3.05, 3.63) is 35.5 Å². The summed E-state index contributed by atoms with van der Waals surface area (Å²) in [6.45, 7) is 7.22. The number of nitrogens with one attached hydrogen (secondary N) is 1. The molecule has 0 aliphatic carbocycles. The monoisotopic (exact) mass is 344 g/mol. The molecule has 134 valence electrons.